The first-order valence-corrected chi connectivity index (χ1v) is 10.1. The second-order valence-corrected chi connectivity index (χ2v) is 7.50. The van der Waals surface area contributed by atoms with E-state index in [0.717, 1.165) is 16.8 Å². The monoisotopic (exact) mass is 409 g/mol. The molecule has 2 heterocycles. The third kappa shape index (κ3) is 3.78. The fraction of sp³-hybridized carbons (Fsp3) is 0.0769. The Morgan fingerprint density at radius 1 is 0.839 bits per heavy atom. The summed E-state index contributed by atoms with van der Waals surface area (Å²) in [7, 11) is 0. The van der Waals surface area contributed by atoms with Gasteiger partial charge in [-0.05, 0) is 22.8 Å². The molecule has 0 radical (unpaired) electrons. The van der Waals surface area contributed by atoms with Crippen LogP contribution < -0.4 is 5.56 Å². The number of fused-ring (bicyclic) bond motifs is 1. The highest BCUT2D eigenvalue weighted by Gasteiger charge is 2.21. The van der Waals surface area contributed by atoms with Crippen LogP contribution in [0.25, 0.3) is 17.1 Å². The van der Waals surface area contributed by atoms with Crippen LogP contribution in [0.15, 0.2) is 95.9 Å². The zero-order valence-electron chi connectivity index (χ0n) is 16.8. The molecule has 0 spiro atoms. The molecule has 4 nitrogen and oxygen atoms in total. The molecule has 5 heteroatoms. The Hall–Kier alpha value is -3.99. The summed E-state index contributed by atoms with van der Waals surface area (Å²) in [4.78, 5) is 21.3. The van der Waals surface area contributed by atoms with E-state index in [-0.39, 0.29) is 11.4 Å². The maximum atomic E-state index is 14.4. The number of imidazole rings is 1. The van der Waals surface area contributed by atoms with Gasteiger partial charge in [-0.25, -0.2) is 9.37 Å². The molecule has 31 heavy (non-hydrogen) atoms. The quantitative estimate of drug-likeness (QED) is 0.445. The van der Waals surface area contributed by atoms with E-state index < -0.39 is 0 Å². The maximum absolute atomic E-state index is 14.4. The molecule has 0 fully saturated rings. The third-order valence-electron chi connectivity index (χ3n) is 5.37. The summed E-state index contributed by atoms with van der Waals surface area (Å²) in [5.74, 6) is 0.247. The molecule has 5 rings (SSSR count). The first kappa shape index (κ1) is 19.0. The Labute approximate surface area is 179 Å². The van der Waals surface area contributed by atoms with Crippen molar-refractivity contribution in [3.8, 4) is 17.1 Å². The second kappa shape index (κ2) is 8.03. The molecule has 3 aromatic carbocycles. The van der Waals surface area contributed by atoms with Gasteiger partial charge in [0.1, 0.15) is 11.5 Å². The molecule has 0 amide bonds. The highest BCUT2D eigenvalue weighted by atomic mass is 19.1. The van der Waals surface area contributed by atoms with Crippen molar-refractivity contribution < 1.29 is 4.39 Å². The van der Waals surface area contributed by atoms with Crippen molar-refractivity contribution >= 4 is 0 Å². The number of nitrogens with zero attached hydrogens (tertiary/aromatic N) is 2. The van der Waals surface area contributed by atoms with E-state index >= 15 is 0 Å². The van der Waals surface area contributed by atoms with Crippen LogP contribution >= 0.6 is 0 Å². The van der Waals surface area contributed by atoms with Crippen LogP contribution in [0.1, 0.15) is 22.5 Å². The van der Waals surface area contributed by atoms with Gasteiger partial charge < -0.3 is 4.98 Å². The average Bonchev–Trinajstić information content (AvgIpc) is 3.12. The second-order valence-electron chi connectivity index (χ2n) is 7.50. The van der Waals surface area contributed by atoms with E-state index in [9.17, 15) is 9.18 Å². The SMILES string of the molecule is O=c1c(Cc2ccccc2)nc2c(Cc3ccccc3F)[nH]c(-c3ccccc3)cn1-2. The molecule has 1 N–H and O–H groups in total. The number of aromatic amines is 1. The highest BCUT2D eigenvalue weighted by Crippen LogP contribution is 2.24. The lowest BCUT2D eigenvalue weighted by Gasteiger charge is -2.13. The molecule has 0 aromatic heterocycles. The molecule has 2 aliphatic heterocycles. The Kier molecular flexibility index (Phi) is 4.92. The lowest BCUT2D eigenvalue weighted by atomic mass is 10.1. The van der Waals surface area contributed by atoms with Gasteiger partial charge in [0.25, 0.3) is 5.56 Å². The van der Waals surface area contributed by atoms with E-state index in [2.05, 4.69) is 9.97 Å². The van der Waals surface area contributed by atoms with E-state index in [1.807, 2.05) is 66.7 Å². The first-order chi connectivity index (χ1) is 15.2. The lowest BCUT2D eigenvalue weighted by molar-refractivity contribution is 0.613. The van der Waals surface area contributed by atoms with E-state index in [1.165, 1.54) is 6.07 Å². The fourth-order valence-electron chi connectivity index (χ4n) is 3.80. The maximum Gasteiger partial charge on any atom is 0.278 e. The smallest absolute Gasteiger partial charge is 0.278 e. The minimum atomic E-state index is -0.280. The Morgan fingerprint density at radius 2 is 1.52 bits per heavy atom. The number of hydrogen-bond donors (Lipinski definition) is 1. The van der Waals surface area contributed by atoms with Crippen molar-refractivity contribution in [1.82, 2.24) is 14.5 Å². The number of benzene rings is 3. The van der Waals surface area contributed by atoms with Crippen LogP contribution in [0.3, 0.4) is 0 Å². The van der Waals surface area contributed by atoms with E-state index in [0.29, 0.717) is 35.6 Å². The molecular formula is C26H20FN3O. The highest BCUT2D eigenvalue weighted by molar-refractivity contribution is 5.60. The lowest BCUT2D eigenvalue weighted by Crippen LogP contribution is -2.18. The summed E-state index contributed by atoms with van der Waals surface area (Å²) >= 11 is 0. The van der Waals surface area contributed by atoms with Crippen LogP contribution in [-0.4, -0.2) is 14.5 Å². The number of aromatic nitrogens is 3. The van der Waals surface area contributed by atoms with Gasteiger partial charge in [-0.2, -0.15) is 0 Å². The summed E-state index contributed by atoms with van der Waals surface area (Å²) in [5, 5.41) is 0. The standard InChI is InChI=1S/C26H20FN3O/c27-21-14-8-7-13-20(21)16-22-25-29-23(15-18-9-3-1-4-10-18)26(31)30(25)17-24(28-22)19-11-5-2-6-12-19/h1-14,17,28H,15-16H2. The van der Waals surface area contributed by atoms with Crippen molar-refractivity contribution in [1.29, 1.82) is 0 Å². The summed E-state index contributed by atoms with van der Waals surface area (Å²) in [6.07, 6.45) is 2.53. The minimum Gasteiger partial charge on any atom is -0.354 e. The molecule has 3 aromatic rings. The number of H-pyrrole nitrogens is 1. The fourth-order valence-corrected chi connectivity index (χ4v) is 3.80. The molecule has 0 saturated carbocycles. The van der Waals surface area contributed by atoms with Gasteiger partial charge in [0.15, 0.2) is 5.82 Å². The van der Waals surface area contributed by atoms with Gasteiger partial charge in [-0.3, -0.25) is 9.36 Å². The predicted molar refractivity (Wildman–Crippen MR) is 119 cm³/mol. The molecule has 0 bridgehead atoms. The van der Waals surface area contributed by atoms with Crippen molar-refractivity contribution in [2.24, 2.45) is 0 Å². The Morgan fingerprint density at radius 3 is 2.26 bits per heavy atom. The Bertz CT molecular complexity index is 1360. The van der Waals surface area contributed by atoms with Crippen LogP contribution in [0.2, 0.25) is 0 Å². The van der Waals surface area contributed by atoms with Crippen molar-refractivity contribution in [3.05, 3.63) is 130 Å². The van der Waals surface area contributed by atoms with Gasteiger partial charge in [0.2, 0.25) is 0 Å². The number of hydrogen-bond acceptors (Lipinski definition) is 2. The molecule has 0 aliphatic carbocycles. The average molecular weight is 409 g/mol. The van der Waals surface area contributed by atoms with Crippen molar-refractivity contribution in [2.75, 3.05) is 0 Å². The van der Waals surface area contributed by atoms with Crippen molar-refractivity contribution in [2.45, 2.75) is 12.8 Å². The molecule has 2 aliphatic rings. The summed E-state index contributed by atoms with van der Waals surface area (Å²) in [6, 6.07) is 26.2. The molecule has 0 atom stereocenters. The van der Waals surface area contributed by atoms with Gasteiger partial charge >= 0.3 is 0 Å². The van der Waals surface area contributed by atoms with Gasteiger partial charge in [-0.15, -0.1) is 0 Å². The van der Waals surface area contributed by atoms with Crippen LogP contribution in [0.4, 0.5) is 4.39 Å². The van der Waals surface area contributed by atoms with Gasteiger partial charge in [0, 0.05) is 19.0 Å². The summed E-state index contributed by atoms with van der Waals surface area (Å²) in [6.45, 7) is 0. The molecule has 152 valence electrons. The first-order valence-electron chi connectivity index (χ1n) is 10.1. The number of nitrogens with one attached hydrogen (secondary N) is 1. The van der Waals surface area contributed by atoms with Gasteiger partial charge in [-0.1, -0.05) is 78.9 Å². The predicted octanol–water partition coefficient (Wildman–Crippen LogP) is 4.99. The normalized spacial score (nSPS) is 11.1. The number of halogens is 1. The third-order valence-corrected chi connectivity index (χ3v) is 5.37. The van der Waals surface area contributed by atoms with E-state index in [4.69, 9.17) is 0 Å². The molecule has 0 saturated heterocycles. The molecular weight excluding hydrogens is 389 g/mol. The largest absolute Gasteiger partial charge is 0.354 e. The van der Waals surface area contributed by atoms with E-state index in [1.54, 1.807) is 22.9 Å². The zero-order chi connectivity index (χ0) is 21.2. The van der Waals surface area contributed by atoms with Crippen LogP contribution in [-0.2, 0) is 12.8 Å². The topological polar surface area (TPSA) is 50.7 Å². The summed E-state index contributed by atoms with van der Waals surface area (Å²) in [5.41, 5.74) is 4.30. The molecule has 0 unspecified atom stereocenters. The van der Waals surface area contributed by atoms with Crippen LogP contribution in [0, 0.1) is 5.82 Å². The zero-order valence-corrected chi connectivity index (χ0v) is 16.8. The van der Waals surface area contributed by atoms with Gasteiger partial charge in [0.05, 0.1) is 11.4 Å². The van der Waals surface area contributed by atoms with Crippen molar-refractivity contribution in [3.63, 3.8) is 0 Å². The summed E-state index contributed by atoms with van der Waals surface area (Å²) < 4.78 is 15.9. The number of rotatable bonds is 5. The van der Waals surface area contributed by atoms with Crippen LogP contribution in [0.5, 0.6) is 0 Å². The minimum absolute atomic E-state index is 0.153. The Balaban J connectivity index is 1.66.